The van der Waals surface area contributed by atoms with Crippen LogP contribution in [0.1, 0.15) is 44.9 Å². The van der Waals surface area contributed by atoms with E-state index in [-0.39, 0.29) is 28.8 Å². The molecule has 2 unspecified atom stereocenters. The van der Waals surface area contributed by atoms with E-state index >= 15 is 0 Å². The predicted octanol–water partition coefficient (Wildman–Crippen LogP) is 3.68. The van der Waals surface area contributed by atoms with Crippen LogP contribution >= 0.6 is 11.8 Å². The lowest BCUT2D eigenvalue weighted by Crippen LogP contribution is -2.28. The molecule has 0 amide bonds. The highest BCUT2D eigenvalue weighted by Gasteiger charge is 2.23. The number of nitrogens with two attached hydrogens (primary N) is 1. The minimum atomic E-state index is -0.501. The molecule has 0 saturated carbocycles. The molecule has 2 N–H and O–H groups in total. The second-order valence-electron chi connectivity index (χ2n) is 5.95. The van der Waals surface area contributed by atoms with E-state index in [0.717, 1.165) is 12.0 Å². The second kappa shape index (κ2) is 7.80. The Labute approximate surface area is 130 Å². The van der Waals surface area contributed by atoms with Gasteiger partial charge < -0.3 is 10.5 Å². The van der Waals surface area contributed by atoms with Gasteiger partial charge in [0.25, 0.3) is 0 Å². The Morgan fingerprint density at radius 2 is 2.10 bits per heavy atom. The molecule has 5 heteroatoms. The van der Waals surface area contributed by atoms with E-state index in [9.17, 15) is 9.18 Å². The van der Waals surface area contributed by atoms with E-state index in [0.29, 0.717) is 0 Å². The average Bonchev–Trinajstić information content (AvgIpc) is 2.36. The van der Waals surface area contributed by atoms with Gasteiger partial charge in [-0.1, -0.05) is 19.1 Å². The number of benzene rings is 1. The molecule has 2 atom stereocenters. The van der Waals surface area contributed by atoms with Crippen LogP contribution in [0.5, 0.6) is 0 Å². The lowest BCUT2D eigenvalue weighted by molar-refractivity contribution is -0.151. The first-order chi connectivity index (χ1) is 9.73. The maximum Gasteiger partial charge on any atom is 0.316 e. The fraction of sp³-hybridized carbons (Fsp3) is 0.562. The van der Waals surface area contributed by atoms with E-state index in [2.05, 4.69) is 0 Å². The summed E-state index contributed by atoms with van der Waals surface area (Å²) in [4.78, 5) is 11.8. The summed E-state index contributed by atoms with van der Waals surface area (Å²) in [6.07, 6.45) is 0.752. The van der Waals surface area contributed by atoms with Crippen molar-refractivity contribution in [1.82, 2.24) is 0 Å². The van der Waals surface area contributed by atoms with E-state index in [1.807, 2.05) is 33.8 Å². The lowest BCUT2D eigenvalue weighted by atomic mass is 10.0. The molecule has 1 aromatic rings. The zero-order chi connectivity index (χ0) is 16.0. The number of hydrogen-bond donors (Lipinski definition) is 1. The van der Waals surface area contributed by atoms with Gasteiger partial charge in [-0.05, 0) is 44.9 Å². The Hall–Kier alpha value is -1.07. The van der Waals surface area contributed by atoms with Gasteiger partial charge in [-0.25, -0.2) is 4.39 Å². The first-order valence-electron chi connectivity index (χ1n) is 7.07. The number of thioether (sulfide) groups is 1. The van der Waals surface area contributed by atoms with Crippen LogP contribution in [0.15, 0.2) is 24.3 Å². The van der Waals surface area contributed by atoms with Gasteiger partial charge in [0.2, 0.25) is 0 Å². The van der Waals surface area contributed by atoms with Crippen LogP contribution in [-0.4, -0.2) is 23.4 Å². The molecular weight excluding hydrogens is 289 g/mol. The lowest BCUT2D eigenvalue weighted by Gasteiger charge is -2.24. The van der Waals surface area contributed by atoms with Crippen LogP contribution < -0.4 is 5.73 Å². The summed E-state index contributed by atoms with van der Waals surface area (Å²) in [7, 11) is 0. The van der Waals surface area contributed by atoms with E-state index in [1.54, 1.807) is 6.07 Å². The topological polar surface area (TPSA) is 52.3 Å². The Morgan fingerprint density at radius 1 is 1.43 bits per heavy atom. The van der Waals surface area contributed by atoms with Gasteiger partial charge >= 0.3 is 5.97 Å². The highest BCUT2D eigenvalue weighted by atomic mass is 32.2. The van der Waals surface area contributed by atoms with Crippen molar-refractivity contribution < 1.29 is 13.9 Å². The van der Waals surface area contributed by atoms with E-state index in [4.69, 9.17) is 10.5 Å². The summed E-state index contributed by atoms with van der Waals surface area (Å²) in [5.41, 5.74) is 6.42. The molecule has 0 heterocycles. The number of ether oxygens (including phenoxy) is 1. The molecule has 3 nitrogen and oxygen atoms in total. The molecule has 0 aliphatic carbocycles. The molecule has 0 radical (unpaired) electrons. The predicted molar refractivity (Wildman–Crippen MR) is 85.7 cm³/mol. The fourth-order valence-corrected chi connectivity index (χ4v) is 3.05. The van der Waals surface area contributed by atoms with Crippen molar-refractivity contribution in [2.75, 3.05) is 5.75 Å². The number of esters is 1. The van der Waals surface area contributed by atoms with Gasteiger partial charge in [0, 0.05) is 11.3 Å². The van der Waals surface area contributed by atoms with Crippen LogP contribution in [-0.2, 0) is 9.53 Å². The highest BCUT2D eigenvalue weighted by molar-refractivity contribution is 8.00. The zero-order valence-corrected chi connectivity index (χ0v) is 13.9. The molecule has 0 fully saturated rings. The molecule has 0 bridgehead atoms. The molecule has 0 aromatic heterocycles. The summed E-state index contributed by atoms with van der Waals surface area (Å²) in [5.74, 6) is -0.373. The molecule has 0 saturated heterocycles. The van der Waals surface area contributed by atoms with E-state index < -0.39 is 5.60 Å². The normalized spacial score (nSPS) is 14.6. The Bertz CT molecular complexity index is 474. The largest absolute Gasteiger partial charge is 0.459 e. The smallest absolute Gasteiger partial charge is 0.316 e. The van der Waals surface area contributed by atoms with Crippen LogP contribution in [0.4, 0.5) is 4.39 Å². The molecule has 1 aromatic carbocycles. The van der Waals surface area contributed by atoms with Gasteiger partial charge in [-0.2, -0.15) is 0 Å². The number of carbonyl (C=O) groups is 1. The molecule has 0 aliphatic rings. The van der Waals surface area contributed by atoms with Crippen LogP contribution in [0.25, 0.3) is 0 Å². The summed E-state index contributed by atoms with van der Waals surface area (Å²) >= 11 is 1.40. The highest BCUT2D eigenvalue weighted by Crippen LogP contribution is 2.33. The first-order valence-corrected chi connectivity index (χ1v) is 8.12. The minimum Gasteiger partial charge on any atom is -0.459 e. The molecule has 0 spiro atoms. The van der Waals surface area contributed by atoms with Crippen molar-refractivity contribution in [3.63, 3.8) is 0 Å². The monoisotopic (exact) mass is 313 g/mol. The number of carbonyl (C=O) groups excluding carboxylic acids is 1. The Balaban J connectivity index is 2.74. The number of rotatable bonds is 6. The molecule has 21 heavy (non-hydrogen) atoms. The van der Waals surface area contributed by atoms with Crippen LogP contribution in [0.2, 0.25) is 0 Å². The summed E-state index contributed by atoms with van der Waals surface area (Å²) in [5, 5.41) is -0.127. The van der Waals surface area contributed by atoms with Crippen LogP contribution in [0, 0.1) is 5.82 Å². The van der Waals surface area contributed by atoms with Crippen molar-refractivity contribution in [2.24, 2.45) is 5.73 Å². The SMILES string of the molecule is CCC(N)C(SCC(=O)OC(C)(C)C)c1cccc(F)c1. The number of hydrogen-bond acceptors (Lipinski definition) is 4. The standard InChI is InChI=1S/C16H24FNO2S/c1-5-13(18)15(11-7-6-8-12(17)9-11)21-10-14(19)20-16(2,3)4/h6-9,13,15H,5,10,18H2,1-4H3. The van der Waals surface area contributed by atoms with Gasteiger partial charge in [0.1, 0.15) is 11.4 Å². The van der Waals surface area contributed by atoms with E-state index in [1.165, 1.54) is 23.9 Å². The third-order valence-corrected chi connectivity index (χ3v) is 4.22. The van der Waals surface area contributed by atoms with Crippen molar-refractivity contribution in [3.8, 4) is 0 Å². The molecule has 0 aliphatic heterocycles. The van der Waals surface area contributed by atoms with Crippen LogP contribution in [0.3, 0.4) is 0 Å². The fourth-order valence-electron chi connectivity index (χ4n) is 1.89. The molecular formula is C16H24FNO2S. The maximum atomic E-state index is 13.4. The molecule has 1 rings (SSSR count). The Morgan fingerprint density at radius 3 is 2.62 bits per heavy atom. The minimum absolute atomic E-state index is 0.127. The van der Waals surface area contributed by atoms with Gasteiger partial charge in [0.05, 0.1) is 5.75 Å². The summed E-state index contributed by atoms with van der Waals surface area (Å²) < 4.78 is 18.7. The summed E-state index contributed by atoms with van der Waals surface area (Å²) in [6, 6.07) is 6.23. The van der Waals surface area contributed by atoms with Crippen molar-refractivity contribution in [2.45, 2.75) is 51.0 Å². The second-order valence-corrected chi connectivity index (χ2v) is 7.08. The van der Waals surface area contributed by atoms with Gasteiger partial charge in [-0.15, -0.1) is 11.8 Å². The third kappa shape index (κ3) is 6.48. The quantitative estimate of drug-likeness (QED) is 0.814. The van der Waals surface area contributed by atoms with Gasteiger partial charge in [0.15, 0.2) is 0 Å². The van der Waals surface area contributed by atoms with Gasteiger partial charge in [-0.3, -0.25) is 4.79 Å². The third-order valence-electron chi connectivity index (χ3n) is 2.84. The zero-order valence-electron chi connectivity index (χ0n) is 13.1. The maximum absolute atomic E-state index is 13.4. The first kappa shape index (κ1) is 18.0. The van der Waals surface area contributed by atoms with Crippen molar-refractivity contribution in [1.29, 1.82) is 0 Å². The van der Waals surface area contributed by atoms with Crippen molar-refractivity contribution >= 4 is 17.7 Å². The Kier molecular flexibility index (Phi) is 6.68. The molecule has 118 valence electrons. The summed E-state index contributed by atoms with van der Waals surface area (Å²) in [6.45, 7) is 7.47. The number of halogens is 1. The van der Waals surface area contributed by atoms with Crippen molar-refractivity contribution in [3.05, 3.63) is 35.6 Å². The average molecular weight is 313 g/mol.